The zero-order chi connectivity index (χ0) is 11.4. The zero-order valence-corrected chi connectivity index (χ0v) is 8.98. The Balaban J connectivity index is 2.23. The first-order valence-corrected chi connectivity index (χ1v) is 5.23. The number of rotatable bonds is 4. The van der Waals surface area contributed by atoms with Crippen molar-refractivity contribution in [1.29, 1.82) is 0 Å². The number of carbonyl (C=O) groups is 1. The molecule has 16 heavy (non-hydrogen) atoms. The molecule has 0 amide bonds. The number of aromatic nitrogens is 2. The standard InChI is InChI=1S/C10H8N2O3S/c13-8(14)6-15-10-9(11-16-12-10)7-4-2-1-3-5-7/h1-5H,6H2,(H,13,14). The lowest BCUT2D eigenvalue weighted by atomic mass is 10.2. The summed E-state index contributed by atoms with van der Waals surface area (Å²) in [5, 5.41) is 8.50. The van der Waals surface area contributed by atoms with Gasteiger partial charge >= 0.3 is 5.97 Å². The Morgan fingerprint density at radius 2 is 2.06 bits per heavy atom. The number of hydrogen-bond acceptors (Lipinski definition) is 5. The molecular formula is C10H8N2O3S. The Morgan fingerprint density at radius 1 is 1.31 bits per heavy atom. The van der Waals surface area contributed by atoms with E-state index in [0.29, 0.717) is 5.69 Å². The highest BCUT2D eigenvalue weighted by atomic mass is 32.1. The van der Waals surface area contributed by atoms with Crippen LogP contribution >= 0.6 is 11.7 Å². The van der Waals surface area contributed by atoms with Crippen molar-refractivity contribution >= 4 is 17.7 Å². The lowest BCUT2D eigenvalue weighted by Gasteiger charge is -2.01. The molecule has 1 aromatic heterocycles. The van der Waals surface area contributed by atoms with E-state index in [1.165, 1.54) is 0 Å². The van der Waals surface area contributed by atoms with Gasteiger partial charge < -0.3 is 9.84 Å². The van der Waals surface area contributed by atoms with Crippen molar-refractivity contribution in [2.75, 3.05) is 6.61 Å². The molecule has 0 spiro atoms. The third kappa shape index (κ3) is 2.34. The number of nitrogens with zero attached hydrogens (tertiary/aromatic N) is 2. The van der Waals surface area contributed by atoms with Crippen LogP contribution in [-0.2, 0) is 4.79 Å². The van der Waals surface area contributed by atoms with Crippen LogP contribution in [0.15, 0.2) is 30.3 Å². The highest BCUT2D eigenvalue weighted by Crippen LogP contribution is 2.27. The second-order valence-electron chi connectivity index (χ2n) is 2.97. The third-order valence-electron chi connectivity index (χ3n) is 1.84. The lowest BCUT2D eigenvalue weighted by Crippen LogP contribution is -2.10. The summed E-state index contributed by atoms with van der Waals surface area (Å²) < 4.78 is 13.0. The minimum absolute atomic E-state index is 0.263. The summed E-state index contributed by atoms with van der Waals surface area (Å²) in [6.07, 6.45) is 0. The van der Waals surface area contributed by atoms with E-state index in [1.54, 1.807) is 0 Å². The van der Waals surface area contributed by atoms with Gasteiger partial charge in [-0.25, -0.2) is 4.79 Å². The monoisotopic (exact) mass is 236 g/mol. The van der Waals surface area contributed by atoms with Crippen LogP contribution in [0.25, 0.3) is 11.3 Å². The Hall–Kier alpha value is -1.95. The van der Waals surface area contributed by atoms with E-state index in [4.69, 9.17) is 9.84 Å². The van der Waals surface area contributed by atoms with Gasteiger partial charge in [0, 0.05) is 5.56 Å². The van der Waals surface area contributed by atoms with Crippen molar-refractivity contribution in [3.63, 3.8) is 0 Å². The van der Waals surface area contributed by atoms with Crippen molar-refractivity contribution in [2.45, 2.75) is 0 Å². The van der Waals surface area contributed by atoms with Crippen LogP contribution in [0, 0.1) is 0 Å². The van der Waals surface area contributed by atoms with Gasteiger partial charge in [0.25, 0.3) is 5.88 Å². The molecule has 1 N–H and O–H groups in total. The van der Waals surface area contributed by atoms with Crippen molar-refractivity contribution in [3.8, 4) is 17.1 Å². The fourth-order valence-electron chi connectivity index (χ4n) is 1.18. The van der Waals surface area contributed by atoms with E-state index in [2.05, 4.69) is 8.75 Å². The summed E-state index contributed by atoms with van der Waals surface area (Å²) in [6, 6.07) is 9.36. The highest BCUT2D eigenvalue weighted by molar-refractivity contribution is 6.99. The van der Waals surface area contributed by atoms with Gasteiger partial charge in [0.2, 0.25) is 0 Å². The average molecular weight is 236 g/mol. The van der Waals surface area contributed by atoms with Crippen LogP contribution in [0.5, 0.6) is 5.88 Å². The molecule has 0 aliphatic rings. The Kier molecular flexibility index (Phi) is 3.11. The molecule has 2 aromatic rings. The maximum atomic E-state index is 10.4. The first-order valence-electron chi connectivity index (χ1n) is 4.50. The first-order chi connectivity index (χ1) is 7.77. The Labute approximate surface area is 95.6 Å². The zero-order valence-electron chi connectivity index (χ0n) is 8.16. The lowest BCUT2D eigenvalue weighted by molar-refractivity contribution is -0.139. The quantitative estimate of drug-likeness (QED) is 0.874. The summed E-state index contributed by atoms with van der Waals surface area (Å²) in [7, 11) is 0. The number of hydrogen-bond donors (Lipinski definition) is 1. The molecule has 6 heteroatoms. The first kappa shape index (κ1) is 10.6. The number of aliphatic carboxylic acids is 1. The van der Waals surface area contributed by atoms with Gasteiger partial charge in [-0.05, 0) is 0 Å². The predicted octanol–water partition coefficient (Wildman–Crippen LogP) is 1.67. The van der Waals surface area contributed by atoms with E-state index in [1.807, 2.05) is 30.3 Å². The summed E-state index contributed by atoms with van der Waals surface area (Å²) >= 11 is 0.995. The molecule has 82 valence electrons. The Bertz CT molecular complexity index is 484. The molecule has 0 aliphatic carbocycles. The summed E-state index contributed by atoms with van der Waals surface area (Å²) in [4.78, 5) is 10.4. The van der Waals surface area contributed by atoms with Gasteiger partial charge in [0.1, 0.15) is 5.69 Å². The molecule has 1 aromatic carbocycles. The van der Waals surface area contributed by atoms with Crippen LogP contribution in [-0.4, -0.2) is 26.4 Å². The fourth-order valence-corrected chi connectivity index (χ4v) is 1.70. The SMILES string of the molecule is O=C(O)COc1nsnc1-c1ccccc1. The van der Waals surface area contributed by atoms with E-state index in [-0.39, 0.29) is 5.88 Å². The minimum Gasteiger partial charge on any atom is -0.479 e. The van der Waals surface area contributed by atoms with E-state index < -0.39 is 12.6 Å². The summed E-state index contributed by atoms with van der Waals surface area (Å²) in [6.45, 7) is -0.411. The van der Waals surface area contributed by atoms with Crippen LogP contribution in [0.1, 0.15) is 0 Å². The summed E-state index contributed by atoms with van der Waals surface area (Å²) in [5.41, 5.74) is 1.43. The molecule has 1 heterocycles. The maximum Gasteiger partial charge on any atom is 0.341 e. The number of ether oxygens (including phenoxy) is 1. The van der Waals surface area contributed by atoms with Gasteiger partial charge in [-0.15, -0.1) is 4.37 Å². The van der Waals surface area contributed by atoms with Gasteiger partial charge in [0.15, 0.2) is 6.61 Å². The molecule has 0 atom stereocenters. The number of carboxylic acids is 1. The fraction of sp³-hybridized carbons (Fsp3) is 0.100. The van der Waals surface area contributed by atoms with E-state index in [0.717, 1.165) is 17.3 Å². The van der Waals surface area contributed by atoms with Crippen molar-refractivity contribution in [3.05, 3.63) is 30.3 Å². The highest BCUT2D eigenvalue weighted by Gasteiger charge is 2.12. The molecule has 0 saturated carbocycles. The average Bonchev–Trinajstić information content (AvgIpc) is 2.75. The van der Waals surface area contributed by atoms with Crippen LogP contribution in [0.2, 0.25) is 0 Å². The summed E-state index contributed by atoms with van der Waals surface area (Å²) in [5.74, 6) is -0.773. The van der Waals surface area contributed by atoms with Crippen molar-refractivity contribution < 1.29 is 14.6 Å². The van der Waals surface area contributed by atoms with E-state index >= 15 is 0 Å². The molecule has 0 fully saturated rings. The van der Waals surface area contributed by atoms with E-state index in [9.17, 15) is 4.79 Å². The van der Waals surface area contributed by atoms with Gasteiger partial charge in [-0.2, -0.15) is 4.37 Å². The predicted molar refractivity (Wildman–Crippen MR) is 58.5 cm³/mol. The Morgan fingerprint density at radius 3 is 2.75 bits per heavy atom. The molecule has 0 bridgehead atoms. The molecule has 0 radical (unpaired) electrons. The normalized spacial score (nSPS) is 10.0. The molecule has 0 aliphatic heterocycles. The second-order valence-corrected chi connectivity index (χ2v) is 3.49. The topological polar surface area (TPSA) is 72.3 Å². The maximum absolute atomic E-state index is 10.4. The largest absolute Gasteiger partial charge is 0.479 e. The van der Waals surface area contributed by atoms with Crippen LogP contribution in [0.3, 0.4) is 0 Å². The second kappa shape index (κ2) is 4.71. The van der Waals surface area contributed by atoms with Crippen LogP contribution < -0.4 is 4.74 Å². The molecule has 5 nitrogen and oxygen atoms in total. The molecule has 2 rings (SSSR count). The smallest absolute Gasteiger partial charge is 0.341 e. The van der Waals surface area contributed by atoms with Crippen molar-refractivity contribution in [2.24, 2.45) is 0 Å². The van der Waals surface area contributed by atoms with Crippen LogP contribution in [0.4, 0.5) is 0 Å². The van der Waals surface area contributed by atoms with Crippen molar-refractivity contribution in [1.82, 2.24) is 8.75 Å². The minimum atomic E-state index is -1.04. The molecular weight excluding hydrogens is 228 g/mol. The molecule has 0 unspecified atom stereocenters. The van der Waals surface area contributed by atoms with Gasteiger partial charge in [-0.1, -0.05) is 30.3 Å². The van der Waals surface area contributed by atoms with Gasteiger partial charge in [-0.3, -0.25) is 0 Å². The molecule has 0 saturated heterocycles. The van der Waals surface area contributed by atoms with Gasteiger partial charge in [0.05, 0.1) is 11.7 Å². The number of carboxylic acid groups (broad SMARTS) is 1. The third-order valence-corrected chi connectivity index (χ3v) is 2.35. The number of benzene rings is 1.